The minimum atomic E-state index is -4.52. The van der Waals surface area contributed by atoms with Crippen LogP contribution in [0.5, 0.6) is 34.5 Å². The predicted molar refractivity (Wildman–Crippen MR) is 320 cm³/mol. The van der Waals surface area contributed by atoms with E-state index in [0.717, 1.165) is 52.2 Å². The van der Waals surface area contributed by atoms with Crippen molar-refractivity contribution in [3.8, 4) is 34.5 Å². The maximum absolute atomic E-state index is 13.2. The van der Waals surface area contributed by atoms with E-state index in [4.69, 9.17) is 103 Å². The Balaban J connectivity index is 0.000000170. The van der Waals surface area contributed by atoms with Gasteiger partial charge in [0.15, 0.2) is 51.8 Å². The highest BCUT2D eigenvalue weighted by atomic mass is 35.5. The Labute approximate surface area is 549 Å². The molecule has 0 bridgehead atoms. The standard InChI is InChI=1S/3C18H15ClN2O6S2/c3*1-9-5-13-14(26-8-25-13)7-11(9)6-12(22)17-15(3-4-28-17)29(23,24)21-18-16(19)10(2)20-27-18/h3*3-5,7,21H,6,8H2,1-2H3/i1D3,2D3,8D2;2D3,8D2;1D3,2D3. The van der Waals surface area contributed by atoms with Crippen LogP contribution in [0.25, 0.3) is 0 Å². The van der Waals surface area contributed by atoms with Crippen molar-refractivity contribution in [2.45, 2.75) is 75.1 Å². The maximum Gasteiger partial charge on any atom is 0.265 e. The largest absolute Gasteiger partial charge is 0.454 e. The van der Waals surface area contributed by atoms with E-state index < -0.39 is 168 Å². The van der Waals surface area contributed by atoms with Gasteiger partial charge in [-0.25, -0.2) is 39.4 Å². The number of carbonyl (C=O) groups excluding carboxylic acids is 3. The lowest BCUT2D eigenvalue weighted by molar-refractivity contribution is 0.0985. The third-order valence-corrected chi connectivity index (χ3v) is 20.4. The molecule has 3 aliphatic heterocycles. The molecule has 3 N–H and O–H groups in total. The molecule has 0 amide bonds. The normalized spacial score (nSPS) is 18.0. The molecular formula is C54H45Cl3N6O18S6. The summed E-state index contributed by atoms with van der Waals surface area (Å²) in [7, 11) is -13.4. The molecule has 33 heteroatoms. The molecule has 0 fully saturated rings. The van der Waals surface area contributed by atoms with Crippen molar-refractivity contribution in [1.29, 1.82) is 0 Å². The molecule has 0 spiro atoms. The first-order valence-corrected chi connectivity index (χ1v) is 31.8. The number of aromatic nitrogens is 3. The quantitative estimate of drug-likeness (QED) is 0.0672. The van der Waals surface area contributed by atoms with Crippen molar-refractivity contribution in [2.24, 2.45) is 0 Å². The third-order valence-electron chi connectivity index (χ3n) is 11.9. The van der Waals surface area contributed by atoms with Crippen molar-refractivity contribution in [2.75, 3.05) is 34.4 Å². The number of hydrogen-bond acceptors (Lipinski definition) is 24. The summed E-state index contributed by atoms with van der Waals surface area (Å²) < 4.78 is 272. The number of carbonyl (C=O) groups is 3. The van der Waals surface area contributed by atoms with E-state index in [2.05, 4.69) is 15.5 Å². The smallest absolute Gasteiger partial charge is 0.265 e. The fourth-order valence-electron chi connectivity index (χ4n) is 7.77. The Kier molecular flexibility index (Phi) is 12.2. The van der Waals surface area contributed by atoms with Gasteiger partial charge in [-0.05, 0) is 145 Å². The summed E-state index contributed by atoms with van der Waals surface area (Å²) in [6.07, 6.45) is -1.19. The van der Waals surface area contributed by atoms with Gasteiger partial charge in [0.05, 0.1) is 14.6 Å². The number of aryl methyl sites for hydroxylation is 6. The van der Waals surface area contributed by atoms with Gasteiger partial charge in [0.25, 0.3) is 47.7 Å². The number of sulfonamides is 3. The monoisotopic (exact) mass is 1380 g/mol. The van der Waals surface area contributed by atoms with E-state index in [1.165, 1.54) is 52.5 Å². The lowest BCUT2D eigenvalue weighted by Crippen LogP contribution is -2.16. The second-order valence-corrected chi connectivity index (χ2v) is 26.4. The minimum absolute atomic E-state index is 0.0460. The van der Waals surface area contributed by atoms with Crippen LogP contribution in [0.1, 0.15) is 106 Å². The summed E-state index contributed by atoms with van der Waals surface area (Å²) >= 11 is 20.2. The van der Waals surface area contributed by atoms with E-state index in [0.29, 0.717) is 11.1 Å². The van der Waals surface area contributed by atoms with Crippen LogP contribution in [0.2, 0.25) is 15.1 Å². The van der Waals surface area contributed by atoms with E-state index in [1.807, 2.05) is 14.2 Å². The molecule has 0 atom stereocenters. The van der Waals surface area contributed by atoms with E-state index in [1.54, 1.807) is 6.92 Å². The summed E-state index contributed by atoms with van der Waals surface area (Å²) in [4.78, 5) is 37.5. The van der Waals surface area contributed by atoms with Gasteiger partial charge < -0.3 is 42.0 Å². The molecular weight excluding hydrogens is 1320 g/mol. The lowest BCUT2D eigenvalue weighted by Gasteiger charge is -2.09. The number of nitrogens with zero attached hydrogens (tertiary/aromatic N) is 3. The molecule has 0 radical (unpaired) electrons. The van der Waals surface area contributed by atoms with Gasteiger partial charge in [-0.15, -0.1) is 34.0 Å². The van der Waals surface area contributed by atoms with Crippen LogP contribution in [0, 0.1) is 41.2 Å². The van der Waals surface area contributed by atoms with Crippen LogP contribution in [0.4, 0.5) is 17.7 Å². The molecule has 87 heavy (non-hydrogen) atoms. The Morgan fingerprint density at radius 3 is 1.10 bits per heavy atom. The fraction of sp³-hybridized carbons (Fsp3) is 0.222. The van der Waals surface area contributed by atoms with Gasteiger partial charge in [-0.2, -0.15) is 0 Å². The number of nitrogens with one attached hydrogen (secondary N) is 3. The third kappa shape index (κ3) is 13.4. The maximum atomic E-state index is 13.2. The number of thiophene rings is 3. The molecule has 0 aliphatic carbocycles. The number of anilines is 3. The van der Waals surface area contributed by atoms with Gasteiger partial charge >= 0.3 is 0 Å². The average Bonchev–Trinajstić information content (AvgIpc) is 1.58. The SMILES string of the molecule is [2H]C([2H])([2H])c1cc2c(cc1CC(=O)c1sccc1S(=O)(=O)Nc1onc(C([2H])([2H])[2H])c1Cl)OCO2.[2H]C1([2H])Oc2cc(C)c(CC(=O)c3sccc3S(=O)(=O)Nc3onc(C([2H])([2H])[2H])c3Cl)cc2O1.[2H]C1([2H])Oc2cc(CC(=O)c3sccc3S(=O)(=O)Nc3onc(C([2H])([2H])[2H])c3Cl)c(C([2H])([2H])[2H])cc2O1. The van der Waals surface area contributed by atoms with Gasteiger partial charge in [0.1, 0.15) is 52.3 Å². The summed E-state index contributed by atoms with van der Waals surface area (Å²) in [6.45, 7) is -16.7. The van der Waals surface area contributed by atoms with E-state index in [-0.39, 0.29) is 89.5 Å². The molecule has 6 aromatic heterocycles. The van der Waals surface area contributed by atoms with Crippen molar-refractivity contribution in [3.63, 3.8) is 0 Å². The number of rotatable bonds is 18. The van der Waals surface area contributed by atoms with Gasteiger partial charge in [0, 0.05) is 39.8 Å². The number of halogens is 3. The molecule has 9 aromatic rings. The van der Waals surface area contributed by atoms with Crippen molar-refractivity contribution in [3.05, 3.63) is 151 Å². The highest BCUT2D eigenvalue weighted by Gasteiger charge is 2.32. The van der Waals surface area contributed by atoms with Crippen molar-refractivity contribution in [1.82, 2.24) is 15.5 Å². The Hall–Kier alpha value is -7.68. The van der Waals surface area contributed by atoms with Gasteiger partial charge in [-0.3, -0.25) is 14.4 Å². The van der Waals surface area contributed by atoms with Crippen LogP contribution in [0.3, 0.4) is 0 Å². The van der Waals surface area contributed by atoms with Crippen molar-refractivity contribution < 1.29 is 108 Å². The zero-order chi connectivity index (χ0) is 78.4. The van der Waals surface area contributed by atoms with E-state index in [9.17, 15) is 39.6 Å². The summed E-state index contributed by atoms with van der Waals surface area (Å²) in [6, 6.07) is 11.4. The topological polar surface area (TPSA) is 323 Å². The van der Waals surface area contributed by atoms with Crippen LogP contribution in [-0.4, -0.2) is 78.4 Å². The van der Waals surface area contributed by atoms with E-state index >= 15 is 0 Å². The van der Waals surface area contributed by atoms with Crippen molar-refractivity contribution >= 4 is 134 Å². The summed E-state index contributed by atoms with van der Waals surface area (Å²) in [5.74, 6) is -3.27. The zero-order valence-corrected chi connectivity index (χ0v) is 50.2. The van der Waals surface area contributed by atoms with Crippen LogP contribution < -0.4 is 42.6 Å². The first-order chi connectivity index (χ1) is 48.7. The molecule has 12 rings (SSSR count). The van der Waals surface area contributed by atoms with Crippen LogP contribution in [-0.2, 0) is 49.3 Å². The number of hydrogen-bond donors (Lipinski definition) is 3. The minimum Gasteiger partial charge on any atom is -0.454 e. The van der Waals surface area contributed by atoms with Gasteiger partial charge in [0.2, 0.25) is 20.3 Å². The first-order valence-electron chi connectivity index (χ1n) is 33.1. The summed E-state index contributed by atoms with van der Waals surface area (Å²) in [5.41, 5.74) is -1.11. The summed E-state index contributed by atoms with van der Waals surface area (Å²) in [5, 5.41) is 12.3. The van der Waals surface area contributed by atoms with Crippen LogP contribution in [0.15, 0.2) is 99.0 Å². The predicted octanol–water partition coefficient (Wildman–Crippen LogP) is 11.9. The Bertz CT molecular complexity index is 5340. The number of Topliss-reactive ketones (excluding diaryl/α,β-unsaturated/α-hetero) is 3. The Morgan fingerprint density at radius 1 is 0.483 bits per heavy atom. The fourth-order valence-corrected chi connectivity index (χ4v) is 15.4. The average molecular weight is 1380 g/mol. The molecule has 0 saturated heterocycles. The molecule has 456 valence electrons. The van der Waals surface area contributed by atoms with Crippen LogP contribution >= 0.6 is 68.8 Å². The molecule has 0 saturated carbocycles. The molecule has 0 unspecified atom stereocenters. The first kappa shape index (κ1) is 42.2. The second-order valence-electron chi connectivity index (χ2n) is 17.6. The number of ether oxygens (including phenoxy) is 6. The number of ketones is 3. The second kappa shape index (κ2) is 25.2. The number of fused-ring (bicyclic) bond motifs is 3. The molecule has 24 nitrogen and oxygen atoms in total. The Morgan fingerprint density at radius 2 is 0.782 bits per heavy atom. The molecule has 9 heterocycles. The molecule has 3 aliphatic rings. The van der Waals surface area contributed by atoms with Gasteiger partial charge in [-0.1, -0.05) is 50.3 Å². The number of benzene rings is 3. The zero-order valence-electron chi connectivity index (χ0n) is 62.0. The highest BCUT2D eigenvalue weighted by Crippen LogP contribution is 2.40. The lowest BCUT2D eigenvalue weighted by atomic mass is 10.0. The highest BCUT2D eigenvalue weighted by molar-refractivity contribution is 7.93. The molecule has 3 aromatic carbocycles.